The zero-order valence-corrected chi connectivity index (χ0v) is 19.2. The monoisotopic (exact) mass is 474 g/mol. The maximum Gasteiger partial charge on any atom is 0.259 e. The number of anilines is 1. The second-order valence-electron chi connectivity index (χ2n) is 8.33. The van der Waals surface area contributed by atoms with Gasteiger partial charge in [0, 0.05) is 35.1 Å². The normalized spacial score (nSPS) is 11.2. The number of halogens is 1. The molecule has 0 aliphatic carbocycles. The summed E-state index contributed by atoms with van der Waals surface area (Å²) in [7, 11) is 0. The Kier molecular flexibility index (Phi) is 5.19. The third-order valence-corrected chi connectivity index (χ3v) is 5.98. The van der Waals surface area contributed by atoms with E-state index in [-0.39, 0.29) is 11.7 Å². The van der Waals surface area contributed by atoms with E-state index in [4.69, 9.17) is 4.98 Å². The van der Waals surface area contributed by atoms with Gasteiger partial charge in [0.05, 0.1) is 16.8 Å². The first kappa shape index (κ1) is 21.5. The molecule has 1 N–H and O–H groups in total. The van der Waals surface area contributed by atoms with Gasteiger partial charge in [-0.05, 0) is 67.1 Å². The van der Waals surface area contributed by atoms with Gasteiger partial charge >= 0.3 is 0 Å². The molecule has 6 rings (SSSR count). The van der Waals surface area contributed by atoms with Crippen LogP contribution < -0.4 is 5.32 Å². The molecular weight excluding hydrogens is 455 g/mol. The summed E-state index contributed by atoms with van der Waals surface area (Å²) in [6.07, 6.45) is 4.96. The molecule has 0 aliphatic rings. The second kappa shape index (κ2) is 8.66. The van der Waals surface area contributed by atoms with Gasteiger partial charge in [-0.3, -0.25) is 9.78 Å². The number of aromatic nitrogens is 5. The average Bonchev–Trinajstić information content (AvgIpc) is 3.30. The van der Waals surface area contributed by atoms with Crippen molar-refractivity contribution in [1.82, 2.24) is 24.6 Å². The number of hydrogen-bond donors (Lipinski definition) is 1. The summed E-state index contributed by atoms with van der Waals surface area (Å²) in [6.45, 7) is 1.72. The highest BCUT2D eigenvalue weighted by Crippen LogP contribution is 2.33. The lowest BCUT2D eigenvalue weighted by Crippen LogP contribution is -2.13. The van der Waals surface area contributed by atoms with Crippen LogP contribution in [0.5, 0.6) is 0 Å². The number of nitrogens with zero attached hydrogens (tertiary/aromatic N) is 5. The number of para-hydroxylation sites is 1. The SMILES string of the molecule is Cc1cc(-c2nc3cccnn3c2-c2ccnc(NC(=O)c3cccc4cccnc34)c2)ccc1F. The molecule has 0 bridgehead atoms. The van der Waals surface area contributed by atoms with Crippen LogP contribution in [0.3, 0.4) is 0 Å². The molecule has 0 radical (unpaired) electrons. The van der Waals surface area contributed by atoms with E-state index in [0.717, 1.165) is 16.5 Å². The fourth-order valence-corrected chi connectivity index (χ4v) is 4.26. The lowest BCUT2D eigenvalue weighted by atomic mass is 10.0. The number of amides is 1. The number of carbonyl (C=O) groups is 1. The first-order chi connectivity index (χ1) is 17.6. The van der Waals surface area contributed by atoms with E-state index < -0.39 is 0 Å². The van der Waals surface area contributed by atoms with Gasteiger partial charge in [-0.15, -0.1) is 0 Å². The van der Waals surface area contributed by atoms with Crippen LogP contribution in [0.4, 0.5) is 10.2 Å². The zero-order chi connectivity index (χ0) is 24.6. The van der Waals surface area contributed by atoms with Gasteiger partial charge in [0.1, 0.15) is 17.3 Å². The van der Waals surface area contributed by atoms with Crippen molar-refractivity contribution in [3.05, 3.63) is 108 Å². The van der Waals surface area contributed by atoms with Crippen LogP contribution in [0.25, 0.3) is 39.1 Å². The van der Waals surface area contributed by atoms with Crippen LogP contribution in [0.15, 0.2) is 91.4 Å². The van der Waals surface area contributed by atoms with Gasteiger partial charge in [0.2, 0.25) is 0 Å². The lowest BCUT2D eigenvalue weighted by molar-refractivity contribution is 0.102. The topological polar surface area (TPSA) is 85.1 Å². The molecule has 2 aromatic carbocycles. The summed E-state index contributed by atoms with van der Waals surface area (Å²) in [4.78, 5) is 26.6. The molecule has 6 aromatic rings. The molecule has 4 heterocycles. The van der Waals surface area contributed by atoms with E-state index in [0.29, 0.717) is 39.5 Å². The molecular formula is C28H19FN6O. The predicted octanol–water partition coefficient (Wildman–Crippen LogP) is 5.71. The first-order valence-corrected chi connectivity index (χ1v) is 11.3. The summed E-state index contributed by atoms with van der Waals surface area (Å²) in [5.41, 5.74) is 5.12. The number of aryl methyl sites for hydroxylation is 1. The molecule has 8 heteroatoms. The fraction of sp³-hybridized carbons (Fsp3) is 0.0357. The van der Waals surface area contributed by atoms with E-state index >= 15 is 0 Å². The third kappa shape index (κ3) is 3.74. The number of imidazole rings is 1. The Morgan fingerprint density at radius 1 is 0.889 bits per heavy atom. The van der Waals surface area contributed by atoms with Gasteiger partial charge in [0.15, 0.2) is 5.65 Å². The Morgan fingerprint density at radius 2 is 1.75 bits per heavy atom. The standard InChI is InChI=1S/C28H19FN6O/c1-17-15-19(9-10-22(17)29)26-27(35-24(34-26)8-4-13-32-35)20-11-14-30-23(16-20)33-28(36)21-7-2-5-18-6-3-12-31-25(18)21/h2-16H,1H3,(H,30,33,36). The summed E-state index contributed by atoms with van der Waals surface area (Å²) in [5, 5.41) is 8.24. The molecule has 1 amide bonds. The Labute approximate surface area is 205 Å². The van der Waals surface area contributed by atoms with Gasteiger partial charge < -0.3 is 5.32 Å². The van der Waals surface area contributed by atoms with E-state index in [1.54, 1.807) is 54.3 Å². The third-order valence-electron chi connectivity index (χ3n) is 5.98. The average molecular weight is 474 g/mol. The highest BCUT2D eigenvalue weighted by molar-refractivity contribution is 6.11. The molecule has 0 unspecified atom stereocenters. The van der Waals surface area contributed by atoms with Crippen molar-refractivity contribution in [2.75, 3.05) is 5.32 Å². The second-order valence-corrected chi connectivity index (χ2v) is 8.33. The van der Waals surface area contributed by atoms with Crippen LogP contribution in [-0.2, 0) is 0 Å². The summed E-state index contributed by atoms with van der Waals surface area (Å²) < 4.78 is 15.7. The van der Waals surface area contributed by atoms with Gasteiger partial charge in [-0.25, -0.2) is 18.9 Å². The number of nitrogens with one attached hydrogen (secondary N) is 1. The largest absolute Gasteiger partial charge is 0.306 e. The number of benzene rings is 2. The summed E-state index contributed by atoms with van der Waals surface area (Å²) in [5.74, 6) is -0.217. The van der Waals surface area contributed by atoms with Gasteiger partial charge in [-0.1, -0.05) is 18.2 Å². The summed E-state index contributed by atoms with van der Waals surface area (Å²) >= 11 is 0. The van der Waals surface area contributed by atoms with Crippen molar-refractivity contribution >= 4 is 28.3 Å². The quantitative estimate of drug-likeness (QED) is 0.354. The molecule has 174 valence electrons. The smallest absolute Gasteiger partial charge is 0.259 e. The maximum atomic E-state index is 14.0. The van der Waals surface area contributed by atoms with E-state index in [1.165, 1.54) is 6.07 Å². The van der Waals surface area contributed by atoms with Crippen LogP contribution in [0.2, 0.25) is 0 Å². The molecule has 0 spiro atoms. The van der Waals surface area contributed by atoms with Crippen molar-refractivity contribution in [2.24, 2.45) is 0 Å². The Morgan fingerprint density at radius 3 is 2.64 bits per heavy atom. The fourth-order valence-electron chi connectivity index (χ4n) is 4.26. The minimum atomic E-state index is -0.311. The Bertz CT molecular complexity index is 1770. The molecule has 7 nitrogen and oxygen atoms in total. The van der Waals surface area contributed by atoms with Gasteiger partial charge in [0.25, 0.3) is 5.91 Å². The minimum absolute atomic E-state index is 0.279. The van der Waals surface area contributed by atoms with Crippen molar-refractivity contribution < 1.29 is 9.18 Å². The van der Waals surface area contributed by atoms with E-state index in [2.05, 4.69) is 20.4 Å². The van der Waals surface area contributed by atoms with Crippen molar-refractivity contribution in [3.8, 4) is 22.5 Å². The van der Waals surface area contributed by atoms with E-state index in [1.807, 2.05) is 42.5 Å². The van der Waals surface area contributed by atoms with Crippen LogP contribution >= 0.6 is 0 Å². The molecule has 0 saturated carbocycles. The van der Waals surface area contributed by atoms with Crippen LogP contribution in [0.1, 0.15) is 15.9 Å². The highest BCUT2D eigenvalue weighted by atomic mass is 19.1. The van der Waals surface area contributed by atoms with Crippen molar-refractivity contribution in [3.63, 3.8) is 0 Å². The first-order valence-electron chi connectivity index (χ1n) is 11.3. The molecule has 4 aromatic heterocycles. The zero-order valence-electron chi connectivity index (χ0n) is 19.2. The maximum absolute atomic E-state index is 14.0. The number of hydrogen-bond acceptors (Lipinski definition) is 5. The van der Waals surface area contributed by atoms with E-state index in [9.17, 15) is 9.18 Å². The predicted molar refractivity (Wildman–Crippen MR) is 136 cm³/mol. The van der Waals surface area contributed by atoms with Crippen LogP contribution in [-0.4, -0.2) is 30.5 Å². The number of fused-ring (bicyclic) bond motifs is 2. The number of pyridine rings is 2. The van der Waals surface area contributed by atoms with Crippen molar-refractivity contribution in [1.29, 1.82) is 0 Å². The molecule has 0 aliphatic heterocycles. The highest BCUT2D eigenvalue weighted by Gasteiger charge is 2.19. The van der Waals surface area contributed by atoms with Crippen molar-refractivity contribution in [2.45, 2.75) is 6.92 Å². The Balaban J connectivity index is 1.43. The Hall–Kier alpha value is -4.98. The molecule has 0 saturated heterocycles. The number of rotatable bonds is 4. The van der Waals surface area contributed by atoms with Crippen LogP contribution in [0, 0.1) is 12.7 Å². The molecule has 0 atom stereocenters. The lowest BCUT2D eigenvalue weighted by Gasteiger charge is -2.10. The molecule has 0 fully saturated rings. The van der Waals surface area contributed by atoms with Gasteiger partial charge in [-0.2, -0.15) is 5.10 Å². The minimum Gasteiger partial charge on any atom is -0.306 e. The number of carbonyl (C=O) groups excluding carboxylic acids is 1. The summed E-state index contributed by atoms with van der Waals surface area (Å²) in [6, 6.07) is 21.4. The molecule has 36 heavy (non-hydrogen) atoms.